The lowest BCUT2D eigenvalue weighted by Gasteiger charge is -2.15. The molecule has 1 aliphatic rings. The van der Waals surface area contributed by atoms with Gasteiger partial charge in [-0.25, -0.2) is 5.43 Å². The van der Waals surface area contributed by atoms with Crippen molar-refractivity contribution in [3.8, 4) is 0 Å². The molecule has 1 aromatic rings. The number of ketones is 2. The van der Waals surface area contributed by atoms with E-state index in [2.05, 4.69) is 10.9 Å². The van der Waals surface area contributed by atoms with Gasteiger partial charge in [-0.3, -0.25) is 9.59 Å². The van der Waals surface area contributed by atoms with Gasteiger partial charge in [-0.2, -0.15) is 0 Å². The predicted molar refractivity (Wildman–Crippen MR) is 63.8 cm³/mol. The third kappa shape index (κ3) is 2.12. The lowest BCUT2D eigenvalue weighted by molar-refractivity contribution is -0.135. The van der Waals surface area contributed by atoms with E-state index in [0.717, 1.165) is 5.56 Å². The molecule has 88 valence electrons. The smallest absolute Gasteiger partial charge is 0.228 e. The Morgan fingerprint density at radius 2 is 1.71 bits per heavy atom. The van der Waals surface area contributed by atoms with Crippen LogP contribution in [0.4, 0.5) is 0 Å². The first-order chi connectivity index (χ1) is 8.11. The first-order valence-corrected chi connectivity index (χ1v) is 5.43. The van der Waals surface area contributed by atoms with Gasteiger partial charge in [-0.15, -0.1) is 0 Å². The molecule has 2 N–H and O–H groups in total. The number of hydrazine groups is 1. The molecular weight excluding hydrogens is 216 g/mol. The van der Waals surface area contributed by atoms with E-state index < -0.39 is 17.6 Å². The monoisotopic (exact) mass is 230 g/mol. The lowest BCUT2D eigenvalue weighted by Crippen LogP contribution is -2.37. The summed E-state index contributed by atoms with van der Waals surface area (Å²) in [5.41, 5.74) is 7.69. The summed E-state index contributed by atoms with van der Waals surface area (Å²) >= 11 is 0. The highest BCUT2D eigenvalue weighted by atomic mass is 16.2. The Bertz CT molecular complexity index is 491. The number of carbonyl (C=O) groups is 2. The second-order valence-electron chi connectivity index (χ2n) is 4.06. The zero-order chi connectivity index (χ0) is 12.4. The van der Waals surface area contributed by atoms with Crippen LogP contribution in [0.15, 0.2) is 41.6 Å². The van der Waals surface area contributed by atoms with Gasteiger partial charge < -0.3 is 5.43 Å². The summed E-state index contributed by atoms with van der Waals surface area (Å²) < 4.78 is 0. The van der Waals surface area contributed by atoms with E-state index in [0.29, 0.717) is 11.3 Å². The van der Waals surface area contributed by atoms with Crippen molar-refractivity contribution in [3.05, 3.63) is 47.2 Å². The molecule has 4 heteroatoms. The van der Waals surface area contributed by atoms with Crippen LogP contribution in [-0.2, 0) is 9.59 Å². The molecule has 0 saturated heterocycles. The number of hydrogen-bond donors (Lipinski definition) is 2. The fourth-order valence-electron chi connectivity index (χ4n) is 1.71. The van der Waals surface area contributed by atoms with Gasteiger partial charge in [0.1, 0.15) is 6.04 Å². The standard InChI is InChI=1S/C13H14N2O2/c1-8-9(2)14-15-11(13(17)12(8)16)10-6-4-3-5-7-10/h3-7,11,14-15H,1-2H3/t11-/m1/s1. The molecule has 1 aliphatic heterocycles. The molecule has 1 aromatic carbocycles. The number of benzene rings is 1. The Hall–Kier alpha value is -1.94. The Balaban J connectivity index is 2.35. The summed E-state index contributed by atoms with van der Waals surface area (Å²) in [4.78, 5) is 23.9. The predicted octanol–water partition coefficient (Wildman–Crippen LogP) is 1.27. The minimum atomic E-state index is -0.629. The van der Waals surface area contributed by atoms with Crippen LogP contribution in [0, 0.1) is 0 Å². The van der Waals surface area contributed by atoms with Crippen LogP contribution in [0.1, 0.15) is 25.5 Å². The first kappa shape index (κ1) is 11.5. The van der Waals surface area contributed by atoms with Crippen LogP contribution in [-0.4, -0.2) is 11.6 Å². The second-order valence-corrected chi connectivity index (χ2v) is 4.06. The summed E-state index contributed by atoms with van der Waals surface area (Å²) in [5, 5.41) is 0. The van der Waals surface area contributed by atoms with E-state index in [1.54, 1.807) is 13.8 Å². The SMILES string of the molecule is CC1=C(C)C(=O)C(=O)[C@@H](c2ccccc2)NN1. The normalized spacial score (nSPS) is 21.2. The fraction of sp³-hybridized carbons (Fsp3) is 0.231. The van der Waals surface area contributed by atoms with Crippen molar-refractivity contribution in [2.75, 3.05) is 0 Å². The highest BCUT2D eigenvalue weighted by Gasteiger charge is 2.30. The van der Waals surface area contributed by atoms with E-state index in [9.17, 15) is 9.59 Å². The lowest BCUT2D eigenvalue weighted by atomic mass is 9.98. The number of Topliss-reactive ketones (excluding diaryl/α,β-unsaturated/α-hetero) is 2. The van der Waals surface area contributed by atoms with Crippen LogP contribution < -0.4 is 10.9 Å². The Morgan fingerprint density at radius 1 is 1.06 bits per heavy atom. The van der Waals surface area contributed by atoms with Crippen molar-refractivity contribution >= 4 is 11.6 Å². The molecule has 0 aromatic heterocycles. The van der Waals surface area contributed by atoms with Crippen molar-refractivity contribution in [2.45, 2.75) is 19.9 Å². The van der Waals surface area contributed by atoms with Crippen molar-refractivity contribution in [3.63, 3.8) is 0 Å². The van der Waals surface area contributed by atoms with Crippen LogP contribution in [0.25, 0.3) is 0 Å². The summed E-state index contributed by atoms with van der Waals surface area (Å²) in [6.07, 6.45) is 0. The van der Waals surface area contributed by atoms with Crippen molar-refractivity contribution < 1.29 is 9.59 Å². The molecule has 0 bridgehead atoms. The van der Waals surface area contributed by atoms with E-state index in [4.69, 9.17) is 0 Å². The van der Waals surface area contributed by atoms with E-state index in [1.165, 1.54) is 0 Å². The maximum atomic E-state index is 12.0. The average Bonchev–Trinajstić information content (AvgIpc) is 2.45. The topological polar surface area (TPSA) is 58.2 Å². The molecule has 0 radical (unpaired) electrons. The zero-order valence-corrected chi connectivity index (χ0v) is 9.78. The highest BCUT2D eigenvalue weighted by molar-refractivity contribution is 6.45. The average molecular weight is 230 g/mol. The molecule has 1 heterocycles. The summed E-state index contributed by atoms with van der Waals surface area (Å²) in [6.45, 7) is 3.42. The Labute approximate surface area is 99.7 Å². The van der Waals surface area contributed by atoms with E-state index in [1.807, 2.05) is 30.3 Å². The summed E-state index contributed by atoms with van der Waals surface area (Å²) in [6, 6.07) is 8.56. The van der Waals surface area contributed by atoms with Crippen LogP contribution in [0.2, 0.25) is 0 Å². The Morgan fingerprint density at radius 3 is 2.35 bits per heavy atom. The highest BCUT2D eigenvalue weighted by Crippen LogP contribution is 2.18. The minimum Gasteiger partial charge on any atom is -0.324 e. The fourth-order valence-corrected chi connectivity index (χ4v) is 1.71. The molecule has 17 heavy (non-hydrogen) atoms. The van der Waals surface area contributed by atoms with Gasteiger partial charge in [0.15, 0.2) is 0 Å². The third-order valence-corrected chi connectivity index (χ3v) is 2.93. The van der Waals surface area contributed by atoms with Gasteiger partial charge >= 0.3 is 0 Å². The number of hydrogen-bond acceptors (Lipinski definition) is 4. The molecule has 0 spiro atoms. The van der Waals surface area contributed by atoms with Crippen molar-refractivity contribution in [1.29, 1.82) is 0 Å². The summed E-state index contributed by atoms with van der Waals surface area (Å²) in [5.74, 6) is -0.869. The van der Waals surface area contributed by atoms with Gasteiger partial charge in [-0.1, -0.05) is 30.3 Å². The molecule has 0 fully saturated rings. The summed E-state index contributed by atoms with van der Waals surface area (Å²) in [7, 11) is 0. The largest absolute Gasteiger partial charge is 0.324 e. The molecule has 1 atom stereocenters. The van der Waals surface area contributed by atoms with Crippen LogP contribution in [0.3, 0.4) is 0 Å². The van der Waals surface area contributed by atoms with E-state index in [-0.39, 0.29) is 0 Å². The molecule has 2 rings (SSSR count). The molecular formula is C13H14N2O2. The Kier molecular flexibility index (Phi) is 3.06. The van der Waals surface area contributed by atoms with E-state index >= 15 is 0 Å². The van der Waals surface area contributed by atoms with Crippen LogP contribution in [0.5, 0.6) is 0 Å². The maximum absolute atomic E-state index is 12.0. The minimum absolute atomic E-state index is 0.432. The van der Waals surface area contributed by atoms with Crippen molar-refractivity contribution in [2.24, 2.45) is 0 Å². The van der Waals surface area contributed by atoms with Gasteiger partial charge in [0.25, 0.3) is 0 Å². The number of nitrogens with one attached hydrogen (secondary N) is 2. The van der Waals surface area contributed by atoms with Crippen LogP contribution >= 0.6 is 0 Å². The van der Waals surface area contributed by atoms with Gasteiger partial charge in [-0.05, 0) is 19.4 Å². The molecule has 4 nitrogen and oxygen atoms in total. The third-order valence-electron chi connectivity index (χ3n) is 2.93. The maximum Gasteiger partial charge on any atom is 0.228 e. The quantitative estimate of drug-likeness (QED) is 0.713. The first-order valence-electron chi connectivity index (χ1n) is 5.43. The van der Waals surface area contributed by atoms with Crippen molar-refractivity contribution in [1.82, 2.24) is 10.9 Å². The number of allylic oxidation sites excluding steroid dienone is 2. The van der Waals surface area contributed by atoms with Gasteiger partial charge in [0, 0.05) is 11.3 Å². The second kappa shape index (κ2) is 4.51. The van der Waals surface area contributed by atoms with Gasteiger partial charge in [0.2, 0.25) is 11.6 Å². The number of carbonyl (C=O) groups excluding carboxylic acids is 2. The molecule has 0 unspecified atom stereocenters. The van der Waals surface area contributed by atoms with Gasteiger partial charge in [0.05, 0.1) is 0 Å². The molecule has 0 saturated carbocycles. The number of rotatable bonds is 1. The molecule has 0 aliphatic carbocycles. The zero-order valence-electron chi connectivity index (χ0n) is 9.78. The molecule has 0 amide bonds.